The van der Waals surface area contributed by atoms with Gasteiger partial charge in [0, 0.05) is 19.0 Å². The first kappa shape index (κ1) is 8.57. The van der Waals surface area contributed by atoms with Gasteiger partial charge in [0.15, 0.2) is 0 Å². The molecule has 1 saturated heterocycles. The van der Waals surface area contributed by atoms with Crippen molar-refractivity contribution in [3.05, 3.63) is 30.3 Å². The van der Waals surface area contributed by atoms with Crippen LogP contribution in [-0.2, 0) is 0 Å². The number of hydrogen-bond acceptors (Lipinski definition) is 2. The Hall–Kier alpha value is -1.02. The van der Waals surface area contributed by atoms with Crippen LogP contribution in [0.4, 0.5) is 0 Å². The number of hydrogen-bond donors (Lipinski definition) is 1. The minimum Gasteiger partial charge on any atom is -0.489 e. The second-order valence-electron chi connectivity index (χ2n) is 3.60. The van der Waals surface area contributed by atoms with Gasteiger partial charge in [-0.25, -0.2) is 0 Å². The van der Waals surface area contributed by atoms with Crippen molar-refractivity contribution in [3.63, 3.8) is 0 Å². The molecule has 0 aromatic heterocycles. The van der Waals surface area contributed by atoms with Crippen LogP contribution in [0.5, 0.6) is 5.75 Å². The van der Waals surface area contributed by atoms with E-state index in [0.29, 0.717) is 12.1 Å². The molecule has 13 heavy (non-hydrogen) atoms. The highest BCUT2D eigenvalue weighted by atomic mass is 16.5. The maximum Gasteiger partial charge on any atom is 0.119 e. The normalized spacial score (nSPS) is 27.5. The van der Waals surface area contributed by atoms with Crippen LogP contribution >= 0.6 is 0 Å². The molecule has 0 bridgehead atoms. The highest BCUT2D eigenvalue weighted by molar-refractivity contribution is 5.21. The van der Waals surface area contributed by atoms with Crippen LogP contribution in [0, 0.1) is 0 Å². The van der Waals surface area contributed by atoms with Crippen LogP contribution in [0.1, 0.15) is 13.3 Å². The minimum absolute atomic E-state index is 0.345. The molecule has 1 heterocycles. The molecule has 0 unspecified atom stereocenters. The number of benzene rings is 1. The van der Waals surface area contributed by atoms with Gasteiger partial charge in [0.05, 0.1) is 0 Å². The van der Waals surface area contributed by atoms with Gasteiger partial charge in [0.25, 0.3) is 0 Å². The van der Waals surface area contributed by atoms with Gasteiger partial charge in [-0.15, -0.1) is 0 Å². The molecular formula is C11H15NO. The van der Waals surface area contributed by atoms with Crippen molar-refractivity contribution < 1.29 is 4.74 Å². The Labute approximate surface area is 78.9 Å². The molecule has 1 fully saturated rings. The first-order valence-corrected chi connectivity index (χ1v) is 4.79. The first-order chi connectivity index (χ1) is 6.34. The molecule has 0 spiro atoms. The summed E-state index contributed by atoms with van der Waals surface area (Å²) in [4.78, 5) is 0. The van der Waals surface area contributed by atoms with Crippen LogP contribution in [0.2, 0.25) is 0 Å². The van der Waals surface area contributed by atoms with Crippen molar-refractivity contribution >= 4 is 0 Å². The fraction of sp³-hybridized carbons (Fsp3) is 0.455. The third-order valence-electron chi connectivity index (χ3n) is 2.36. The van der Waals surface area contributed by atoms with Crippen LogP contribution < -0.4 is 10.1 Å². The quantitative estimate of drug-likeness (QED) is 0.744. The third-order valence-corrected chi connectivity index (χ3v) is 2.36. The standard InChI is InChI=1S/C11H15NO/c1-9-7-11(8-12-9)13-10-5-3-2-4-6-10/h2-6,9,11-12H,7-8H2,1H3/t9-,11-/m1/s1. The lowest BCUT2D eigenvalue weighted by molar-refractivity contribution is 0.220. The Balaban J connectivity index is 1.92. The molecular weight excluding hydrogens is 162 g/mol. The van der Waals surface area contributed by atoms with Crippen molar-refractivity contribution in [2.45, 2.75) is 25.5 Å². The predicted molar refractivity (Wildman–Crippen MR) is 52.9 cm³/mol. The van der Waals surface area contributed by atoms with E-state index in [1.54, 1.807) is 0 Å². The molecule has 0 aliphatic carbocycles. The molecule has 1 aliphatic rings. The zero-order valence-corrected chi connectivity index (χ0v) is 7.86. The summed E-state index contributed by atoms with van der Waals surface area (Å²) in [6.07, 6.45) is 1.45. The molecule has 1 N–H and O–H groups in total. The average molecular weight is 177 g/mol. The molecule has 2 heteroatoms. The summed E-state index contributed by atoms with van der Waals surface area (Å²) in [5, 5.41) is 3.36. The number of para-hydroxylation sites is 1. The predicted octanol–water partition coefficient (Wildman–Crippen LogP) is 1.82. The van der Waals surface area contributed by atoms with E-state index in [-0.39, 0.29) is 0 Å². The highest BCUT2D eigenvalue weighted by Gasteiger charge is 2.21. The Morgan fingerprint density at radius 3 is 2.69 bits per heavy atom. The maximum absolute atomic E-state index is 5.78. The molecule has 0 radical (unpaired) electrons. The second-order valence-corrected chi connectivity index (χ2v) is 3.60. The van der Waals surface area contributed by atoms with E-state index in [2.05, 4.69) is 12.2 Å². The number of nitrogens with one attached hydrogen (secondary N) is 1. The largest absolute Gasteiger partial charge is 0.489 e. The van der Waals surface area contributed by atoms with E-state index < -0.39 is 0 Å². The lowest BCUT2D eigenvalue weighted by Crippen LogP contribution is -2.20. The summed E-state index contributed by atoms with van der Waals surface area (Å²) in [5.41, 5.74) is 0. The number of rotatable bonds is 2. The van der Waals surface area contributed by atoms with Crippen LogP contribution in [-0.4, -0.2) is 18.7 Å². The fourth-order valence-corrected chi connectivity index (χ4v) is 1.67. The summed E-state index contributed by atoms with van der Waals surface area (Å²) in [5.74, 6) is 0.975. The Morgan fingerprint density at radius 2 is 2.08 bits per heavy atom. The zero-order valence-electron chi connectivity index (χ0n) is 7.86. The molecule has 0 amide bonds. The monoisotopic (exact) mass is 177 g/mol. The van der Waals surface area contributed by atoms with Crippen molar-refractivity contribution in [1.29, 1.82) is 0 Å². The lowest BCUT2D eigenvalue weighted by atomic mass is 10.2. The fourth-order valence-electron chi connectivity index (χ4n) is 1.67. The van der Waals surface area contributed by atoms with Crippen LogP contribution in [0.15, 0.2) is 30.3 Å². The number of ether oxygens (including phenoxy) is 1. The van der Waals surface area contributed by atoms with Crippen molar-refractivity contribution in [2.24, 2.45) is 0 Å². The Bertz CT molecular complexity index is 260. The summed E-state index contributed by atoms with van der Waals surface area (Å²) < 4.78 is 5.78. The van der Waals surface area contributed by atoms with Gasteiger partial charge in [-0.05, 0) is 19.1 Å². The molecule has 0 saturated carbocycles. The molecule has 1 aliphatic heterocycles. The second kappa shape index (κ2) is 3.79. The van der Waals surface area contributed by atoms with Crippen molar-refractivity contribution in [1.82, 2.24) is 5.32 Å². The van der Waals surface area contributed by atoms with Crippen LogP contribution in [0.25, 0.3) is 0 Å². The van der Waals surface area contributed by atoms with E-state index in [1.165, 1.54) is 0 Å². The van der Waals surface area contributed by atoms with Gasteiger partial charge in [-0.2, -0.15) is 0 Å². The van der Waals surface area contributed by atoms with E-state index in [1.807, 2.05) is 30.3 Å². The van der Waals surface area contributed by atoms with Gasteiger partial charge in [0.2, 0.25) is 0 Å². The van der Waals surface area contributed by atoms with Gasteiger partial charge >= 0.3 is 0 Å². The lowest BCUT2D eigenvalue weighted by Gasteiger charge is -2.11. The molecule has 1 aromatic rings. The molecule has 70 valence electrons. The first-order valence-electron chi connectivity index (χ1n) is 4.79. The average Bonchev–Trinajstić information content (AvgIpc) is 2.53. The van der Waals surface area contributed by atoms with E-state index >= 15 is 0 Å². The SMILES string of the molecule is C[C@@H]1C[C@@H](Oc2ccccc2)CN1. The third kappa shape index (κ3) is 2.22. The minimum atomic E-state index is 0.345. The molecule has 1 aromatic carbocycles. The zero-order chi connectivity index (χ0) is 9.10. The summed E-state index contributed by atoms with van der Waals surface area (Å²) in [7, 11) is 0. The molecule has 2 rings (SSSR count). The van der Waals surface area contributed by atoms with Gasteiger partial charge < -0.3 is 10.1 Å². The molecule has 2 atom stereocenters. The van der Waals surface area contributed by atoms with E-state index in [4.69, 9.17) is 4.74 Å². The van der Waals surface area contributed by atoms with Gasteiger partial charge in [0.1, 0.15) is 11.9 Å². The summed E-state index contributed by atoms with van der Waals surface area (Å²) in [6, 6.07) is 10.6. The van der Waals surface area contributed by atoms with E-state index in [0.717, 1.165) is 18.7 Å². The van der Waals surface area contributed by atoms with Crippen molar-refractivity contribution in [2.75, 3.05) is 6.54 Å². The van der Waals surface area contributed by atoms with E-state index in [9.17, 15) is 0 Å². The summed E-state index contributed by atoms with van der Waals surface area (Å²) in [6.45, 7) is 3.16. The Morgan fingerprint density at radius 1 is 1.31 bits per heavy atom. The van der Waals surface area contributed by atoms with Gasteiger partial charge in [-0.1, -0.05) is 18.2 Å². The topological polar surface area (TPSA) is 21.3 Å². The van der Waals surface area contributed by atoms with Crippen LogP contribution in [0.3, 0.4) is 0 Å². The Kier molecular flexibility index (Phi) is 2.50. The van der Waals surface area contributed by atoms with Crippen molar-refractivity contribution in [3.8, 4) is 5.75 Å². The summed E-state index contributed by atoms with van der Waals surface area (Å²) >= 11 is 0. The van der Waals surface area contributed by atoms with Gasteiger partial charge in [-0.3, -0.25) is 0 Å². The molecule has 2 nitrogen and oxygen atoms in total. The smallest absolute Gasteiger partial charge is 0.119 e. The maximum atomic E-state index is 5.78. The highest BCUT2D eigenvalue weighted by Crippen LogP contribution is 2.16.